The van der Waals surface area contributed by atoms with Gasteiger partial charge in [0.2, 0.25) is 0 Å². The van der Waals surface area contributed by atoms with Gasteiger partial charge < -0.3 is 14.6 Å². The first kappa shape index (κ1) is 20.5. The lowest BCUT2D eigenvalue weighted by atomic mass is 9.91. The van der Waals surface area contributed by atoms with Crippen LogP contribution < -0.4 is 9.47 Å². The van der Waals surface area contributed by atoms with Gasteiger partial charge in [-0.2, -0.15) is 0 Å². The Kier molecular flexibility index (Phi) is 6.81. The SMILES string of the molecule is CCOc1ccc(C(c2cc(Cl)ccc2OC)N2CCC(C(=O)O)CC2)cc1. The summed E-state index contributed by atoms with van der Waals surface area (Å²) in [5.41, 5.74) is 2.07. The average molecular weight is 404 g/mol. The standard InChI is InChI=1S/C22H26ClNO4/c1-3-28-18-7-4-15(5-8-18)21(19-14-17(23)6-9-20(19)27-2)24-12-10-16(11-13-24)22(25)26/h4-9,14,16,21H,3,10-13H2,1-2H3,(H,25,26). The molecule has 0 bridgehead atoms. The Bertz CT molecular complexity index is 801. The van der Waals surface area contributed by atoms with Gasteiger partial charge in [-0.05, 0) is 68.8 Å². The fourth-order valence-corrected chi connectivity index (χ4v) is 4.00. The molecule has 0 aromatic heterocycles. The minimum Gasteiger partial charge on any atom is -0.496 e. The molecular formula is C22H26ClNO4. The van der Waals surface area contributed by atoms with Gasteiger partial charge in [-0.15, -0.1) is 0 Å². The molecule has 150 valence electrons. The summed E-state index contributed by atoms with van der Waals surface area (Å²) >= 11 is 6.30. The van der Waals surface area contributed by atoms with Crippen LogP contribution >= 0.6 is 11.6 Å². The third kappa shape index (κ3) is 4.59. The molecule has 1 aliphatic rings. The van der Waals surface area contributed by atoms with Crippen molar-refractivity contribution in [3.63, 3.8) is 0 Å². The third-order valence-electron chi connectivity index (χ3n) is 5.24. The topological polar surface area (TPSA) is 59.0 Å². The number of methoxy groups -OCH3 is 1. The van der Waals surface area contributed by atoms with Gasteiger partial charge >= 0.3 is 5.97 Å². The summed E-state index contributed by atoms with van der Waals surface area (Å²) in [4.78, 5) is 13.7. The van der Waals surface area contributed by atoms with E-state index >= 15 is 0 Å². The summed E-state index contributed by atoms with van der Waals surface area (Å²) in [6.07, 6.45) is 1.26. The Morgan fingerprint density at radius 3 is 2.46 bits per heavy atom. The quantitative estimate of drug-likeness (QED) is 0.730. The third-order valence-corrected chi connectivity index (χ3v) is 5.47. The zero-order valence-corrected chi connectivity index (χ0v) is 17.0. The highest BCUT2D eigenvalue weighted by Gasteiger charge is 2.31. The molecule has 0 saturated carbocycles. The van der Waals surface area contributed by atoms with Crippen molar-refractivity contribution < 1.29 is 19.4 Å². The van der Waals surface area contributed by atoms with Gasteiger partial charge in [0.25, 0.3) is 0 Å². The summed E-state index contributed by atoms with van der Waals surface area (Å²) < 4.78 is 11.2. The van der Waals surface area contributed by atoms with E-state index in [1.807, 2.05) is 37.3 Å². The average Bonchev–Trinajstić information content (AvgIpc) is 2.70. The largest absolute Gasteiger partial charge is 0.496 e. The summed E-state index contributed by atoms with van der Waals surface area (Å²) in [5, 5.41) is 9.97. The van der Waals surface area contributed by atoms with Crippen LogP contribution in [-0.2, 0) is 4.79 Å². The van der Waals surface area contributed by atoms with Crippen LogP contribution in [0.3, 0.4) is 0 Å². The number of hydrogen-bond acceptors (Lipinski definition) is 4. The van der Waals surface area contributed by atoms with E-state index in [1.165, 1.54) is 0 Å². The number of rotatable bonds is 7. The molecule has 3 rings (SSSR count). The second-order valence-corrected chi connectivity index (χ2v) is 7.38. The molecule has 1 unspecified atom stereocenters. The van der Waals surface area contributed by atoms with E-state index in [2.05, 4.69) is 17.0 Å². The van der Waals surface area contributed by atoms with Gasteiger partial charge in [0.1, 0.15) is 11.5 Å². The van der Waals surface area contributed by atoms with Crippen molar-refractivity contribution in [3.8, 4) is 11.5 Å². The summed E-state index contributed by atoms with van der Waals surface area (Å²) in [5.74, 6) is 0.604. The number of aliphatic carboxylic acids is 1. The molecule has 0 spiro atoms. The monoisotopic (exact) mass is 403 g/mol. The Morgan fingerprint density at radius 1 is 1.21 bits per heavy atom. The molecule has 1 heterocycles. The molecule has 2 aromatic rings. The number of likely N-dealkylation sites (tertiary alicyclic amines) is 1. The Labute approximate surface area is 170 Å². The van der Waals surface area contributed by atoms with Crippen molar-refractivity contribution in [3.05, 3.63) is 58.6 Å². The van der Waals surface area contributed by atoms with E-state index in [0.29, 0.717) is 37.6 Å². The molecule has 1 saturated heterocycles. The van der Waals surface area contributed by atoms with Gasteiger partial charge in [0.05, 0.1) is 25.7 Å². The number of hydrogen-bond donors (Lipinski definition) is 1. The van der Waals surface area contributed by atoms with E-state index < -0.39 is 5.97 Å². The number of carboxylic acid groups (broad SMARTS) is 1. The van der Waals surface area contributed by atoms with Crippen LogP contribution in [0.2, 0.25) is 5.02 Å². The molecule has 1 aliphatic heterocycles. The number of piperidine rings is 1. The molecule has 0 radical (unpaired) electrons. The van der Waals surface area contributed by atoms with Crippen LogP contribution in [0.15, 0.2) is 42.5 Å². The maximum Gasteiger partial charge on any atom is 0.306 e. The molecule has 28 heavy (non-hydrogen) atoms. The van der Waals surface area contributed by atoms with E-state index in [1.54, 1.807) is 7.11 Å². The zero-order chi connectivity index (χ0) is 20.1. The highest BCUT2D eigenvalue weighted by Crippen LogP contribution is 2.38. The Balaban J connectivity index is 1.97. The minimum atomic E-state index is -0.711. The number of halogens is 1. The highest BCUT2D eigenvalue weighted by molar-refractivity contribution is 6.30. The predicted octanol–water partition coefficient (Wildman–Crippen LogP) is 4.63. The molecule has 1 atom stereocenters. The van der Waals surface area contributed by atoms with Crippen LogP contribution in [0.1, 0.15) is 36.9 Å². The van der Waals surface area contributed by atoms with E-state index in [0.717, 1.165) is 22.6 Å². The predicted molar refractivity (Wildman–Crippen MR) is 109 cm³/mol. The summed E-state index contributed by atoms with van der Waals surface area (Å²) in [6, 6.07) is 13.6. The molecule has 2 aromatic carbocycles. The van der Waals surface area contributed by atoms with Crippen molar-refractivity contribution in [2.24, 2.45) is 5.92 Å². The van der Waals surface area contributed by atoms with Gasteiger partial charge in [-0.1, -0.05) is 23.7 Å². The molecule has 6 heteroatoms. The van der Waals surface area contributed by atoms with Gasteiger partial charge in [0.15, 0.2) is 0 Å². The first-order chi connectivity index (χ1) is 13.5. The number of benzene rings is 2. The molecule has 1 fully saturated rings. The second kappa shape index (κ2) is 9.30. The molecule has 0 amide bonds. The van der Waals surface area contributed by atoms with Crippen molar-refractivity contribution in [2.45, 2.75) is 25.8 Å². The highest BCUT2D eigenvalue weighted by atomic mass is 35.5. The molecule has 0 aliphatic carbocycles. The van der Waals surface area contributed by atoms with Crippen molar-refractivity contribution in [2.75, 3.05) is 26.8 Å². The molecular weight excluding hydrogens is 378 g/mol. The zero-order valence-electron chi connectivity index (χ0n) is 16.2. The maximum absolute atomic E-state index is 11.3. The van der Waals surface area contributed by atoms with E-state index in [4.69, 9.17) is 21.1 Å². The Morgan fingerprint density at radius 2 is 1.89 bits per heavy atom. The van der Waals surface area contributed by atoms with Crippen LogP contribution in [0.4, 0.5) is 0 Å². The van der Waals surface area contributed by atoms with Crippen molar-refractivity contribution in [1.82, 2.24) is 4.90 Å². The van der Waals surface area contributed by atoms with E-state index in [-0.39, 0.29) is 12.0 Å². The Hall–Kier alpha value is -2.24. The van der Waals surface area contributed by atoms with Gasteiger partial charge in [0, 0.05) is 10.6 Å². The van der Waals surface area contributed by atoms with E-state index in [9.17, 15) is 9.90 Å². The normalized spacial score (nSPS) is 16.5. The van der Waals surface area contributed by atoms with Gasteiger partial charge in [-0.3, -0.25) is 9.69 Å². The maximum atomic E-state index is 11.3. The van der Waals surface area contributed by atoms with Crippen molar-refractivity contribution in [1.29, 1.82) is 0 Å². The first-order valence-electron chi connectivity index (χ1n) is 9.56. The summed E-state index contributed by atoms with van der Waals surface area (Å²) in [6.45, 7) is 3.97. The summed E-state index contributed by atoms with van der Waals surface area (Å²) in [7, 11) is 1.65. The lowest BCUT2D eigenvalue weighted by Gasteiger charge is -2.37. The van der Waals surface area contributed by atoms with Crippen LogP contribution in [-0.4, -0.2) is 42.8 Å². The first-order valence-corrected chi connectivity index (χ1v) is 9.94. The van der Waals surface area contributed by atoms with Crippen LogP contribution in [0.25, 0.3) is 0 Å². The van der Waals surface area contributed by atoms with Crippen LogP contribution in [0, 0.1) is 5.92 Å². The number of carboxylic acids is 1. The number of ether oxygens (including phenoxy) is 2. The lowest BCUT2D eigenvalue weighted by Crippen LogP contribution is -2.39. The fraction of sp³-hybridized carbons (Fsp3) is 0.409. The van der Waals surface area contributed by atoms with Crippen molar-refractivity contribution >= 4 is 17.6 Å². The smallest absolute Gasteiger partial charge is 0.306 e. The fourth-order valence-electron chi connectivity index (χ4n) is 3.82. The minimum absolute atomic E-state index is 0.0703. The lowest BCUT2D eigenvalue weighted by molar-refractivity contribution is -0.143. The van der Waals surface area contributed by atoms with Gasteiger partial charge in [-0.25, -0.2) is 0 Å². The number of carbonyl (C=O) groups is 1. The number of nitrogens with zero attached hydrogens (tertiary/aromatic N) is 1. The molecule has 1 N–H and O–H groups in total. The molecule has 5 nitrogen and oxygen atoms in total. The second-order valence-electron chi connectivity index (χ2n) is 6.94. The van der Waals surface area contributed by atoms with Crippen LogP contribution in [0.5, 0.6) is 11.5 Å².